The zero-order valence-corrected chi connectivity index (χ0v) is 14.0. The van der Waals surface area contributed by atoms with Crippen LogP contribution >= 0.6 is 12.2 Å². The summed E-state index contributed by atoms with van der Waals surface area (Å²) in [4.78, 5) is 12.9. The number of nitrogens with one attached hydrogen (secondary N) is 1. The summed E-state index contributed by atoms with van der Waals surface area (Å²) in [5.74, 6) is 0.320. The minimum absolute atomic E-state index is 0.124. The summed E-state index contributed by atoms with van der Waals surface area (Å²) in [5, 5.41) is 12.5. The van der Waals surface area contributed by atoms with Gasteiger partial charge in [0, 0.05) is 11.8 Å². The average molecular weight is 350 g/mol. The van der Waals surface area contributed by atoms with E-state index >= 15 is 0 Å². The fourth-order valence-electron chi connectivity index (χ4n) is 2.79. The minimum Gasteiger partial charge on any atom is -0.412 e. The maximum Gasteiger partial charge on any atom is 0.284 e. The molecule has 0 aliphatic rings. The Hall–Kier alpha value is -3.06. The monoisotopic (exact) mass is 350 g/mol. The summed E-state index contributed by atoms with van der Waals surface area (Å²) < 4.78 is 6.63. The molecule has 0 spiro atoms. The van der Waals surface area contributed by atoms with E-state index in [9.17, 15) is 4.79 Å². The third kappa shape index (κ3) is 3.14. The van der Waals surface area contributed by atoms with Crippen molar-refractivity contribution in [3.8, 4) is 0 Å². The van der Waals surface area contributed by atoms with Gasteiger partial charge in [-0.2, -0.15) is 5.10 Å². The number of aromatic nitrogens is 4. The summed E-state index contributed by atoms with van der Waals surface area (Å²) in [5.41, 5.74) is 1.77. The first-order valence-electron chi connectivity index (χ1n) is 7.78. The van der Waals surface area contributed by atoms with Crippen LogP contribution in [0.25, 0.3) is 10.8 Å². The van der Waals surface area contributed by atoms with Gasteiger partial charge in [-0.1, -0.05) is 48.5 Å². The second-order valence-corrected chi connectivity index (χ2v) is 6.00. The molecule has 0 amide bonds. The van der Waals surface area contributed by atoms with Gasteiger partial charge in [-0.05, 0) is 23.8 Å². The maximum atomic E-state index is 12.7. The number of benzene rings is 2. The van der Waals surface area contributed by atoms with Crippen LogP contribution in [0.1, 0.15) is 17.1 Å². The molecule has 6 nitrogen and oxygen atoms in total. The second kappa shape index (κ2) is 6.45. The molecule has 0 fully saturated rings. The highest BCUT2D eigenvalue weighted by Gasteiger charge is 2.12. The van der Waals surface area contributed by atoms with Crippen LogP contribution in [0.3, 0.4) is 0 Å². The van der Waals surface area contributed by atoms with E-state index in [2.05, 4.69) is 15.3 Å². The summed E-state index contributed by atoms with van der Waals surface area (Å²) >= 11 is 4.88. The maximum absolute atomic E-state index is 12.7. The van der Waals surface area contributed by atoms with Crippen molar-refractivity contribution in [3.05, 3.63) is 86.9 Å². The number of hydrogen-bond donors (Lipinski definition) is 1. The molecular weight excluding hydrogens is 336 g/mol. The molecule has 0 aliphatic carbocycles. The van der Waals surface area contributed by atoms with Crippen molar-refractivity contribution in [2.24, 2.45) is 0 Å². The van der Waals surface area contributed by atoms with Crippen molar-refractivity contribution in [2.75, 3.05) is 0 Å². The van der Waals surface area contributed by atoms with Gasteiger partial charge < -0.3 is 4.42 Å². The minimum atomic E-state index is -0.184. The molecule has 0 saturated heterocycles. The number of hydrogen-bond acceptors (Lipinski definition) is 5. The summed E-state index contributed by atoms with van der Waals surface area (Å²) in [6.07, 6.45) is 0.631. The van der Waals surface area contributed by atoms with Crippen LogP contribution in [0.2, 0.25) is 0 Å². The van der Waals surface area contributed by atoms with Gasteiger partial charge in [-0.25, -0.2) is 9.78 Å². The lowest BCUT2D eigenvalue weighted by Gasteiger charge is -2.10. The van der Waals surface area contributed by atoms with Crippen molar-refractivity contribution in [1.29, 1.82) is 0 Å². The van der Waals surface area contributed by atoms with Gasteiger partial charge in [0.2, 0.25) is 5.89 Å². The number of rotatable bonds is 4. The van der Waals surface area contributed by atoms with Crippen molar-refractivity contribution in [2.45, 2.75) is 13.0 Å². The van der Waals surface area contributed by atoms with Crippen LogP contribution in [0.5, 0.6) is 0 Å². The fraction of sp³-hybridized carbons (Fsp3) is 0.111. The van der Waals surface area contributed by atoms with Crippen LogP contribution in [-0.2, 0) is 13.0 Å². The predicted molar refractivity (Wildman–Crippen MR) is 96.0 cm³/mol. The van der Waals surface area contributed by atoms with Gasteiger partial charge >= 0.3 is 0 Å². The highest BCUT2D eigenvalue weighted by atomic mass is 32.1. The van der Waals surface area contributed by atoms with E-state index in [1.54, 1.807) is 0 Å². The third-order valence-corrected chi connectivity index (χ3v) is 4.10. The molecule has 1 N–H and O–H groups in total. The second-order valence-electron chi connectivity index (χ2n) is 5.62. The molecule has 2 aromatic carbocycles. The van der Waals surface area contributed by atoms with Crippen molar-refractivity contribution < 1.29 is 4.42 Å². The van der Waals surface area contributed by atoms with Gasteiger partial charge in [0.1, 0.15) is 6.54 Å². The molecule has 2 heterocycles. The summed E-state index contributed by atoms with van der Waals surface area (Å²) in [7, 11) is 0. The average Bonchev–Trinajstić information content (AvgIpc) is 3.05. The lowest BCUT2D eigenvalue weighted by molar-refractivity contribution is 0.447. The van der Waals surface area contributed by atoms with E-state index in [0.29, 0.717) is 17.7 Å². The number of fused-ring (bicyclic) bond motifs is 1. The predicted octanol–water partition coefficient (Wildman–Crippen LogP) is 3.08. The number of nitrogens with zero attached hydrogens (tertiary/aromatic N) is 3. The van der Waals surface area contributed by atoms with Crippen molar-refractivity contribution >= 4 is 23.0 Å². The molecule has 0 bridgehead atoms. The first-order chi connectivity index (χ1) is 12.2. The Bertz CT molecular complexity index is 1140. The van der Waals surface area contributed by atoms with Crippen LogP contribution in [0.15, 0.2) is 63.8 Å². The smallest absolute Gasteiger partial charge is 0.284 e. The van der Waals surface area contributed by atoms with Crippen molar-refractivity contribution in [3.63, 3.8) is 0 Å². The number of aromatic amines is 1. The van der Waals surface area contributed by atoms with Crippen LogP contribution in [-0.4, -0.2) is 20.0 Å². The Balaban J connectivity index is 1.84. The highest BCUT2D eigenvalue weighted by Crippen LogP contribution is 2.17. The molecule has 0 radical (unpaired) electrons. The molecule has 4 rings (SSSR count). The van der Waals surface area contributed by atoms with E-state index in [1.807, 2.05) is 54.6 Å². The normalized spacial score (nSPS) is 11.0. The third-order valence-electron chi connectivity index (χ3n) is 3.93. The van der Waals surface area contributed by atoms with Crippen LogP contribution in [0.4, 0.5) is 0 Å². The first-order valence-corrected chi connectivity index (χ1v) is 8.18. The van der Waals surface area contributed by atoms with E-state index in [0.717, 1.165) is 16.6 Å². The lowest BCUT2D eigenvalue weighted by Crippen LogP contribution is -2.25. The molecule has 0 atom stereocenters. The first kappa shape index (κ1) is 15.5. The molecule has 25 heavy (non-hydrogen) atoms. The quantitative estimate of drug-likeness (QED) is 0.572. The topological polar surface area (TPSA) is 76.7 Å². The van der Waals surface area contributed by atoms with Crippen LogP contribution in [0, 0.1) is 4.84 Å². The zero-order chi connectivity index (χ0) is 17.2. The molecule has 0 saturated carbocycles. The Kier molecular flexibility index (Phi) is 3.99. The largest absolute Gasteiger partial charge is 0.412 e. The lowest BCUT2D eigenvalue weighted by atomic mass is 10.0. The molecular formula is C18H14N4O2S. The Morgan fingerprint density at radius 3 is 2.48 bits per heavy atom. The van der Waals surface area contributed by atoms with Gasteiger partial charge in [-0.15, -0.1) is 5.10 Å². The Morgan fingerprint density at radius 1 is 1.04 bits per heavy atom. The van der Waals surface area contributed by atoms with Crippen LogP contribution < -0.4 is 5.56 Å². The zero-order valence-electron chi connectivity index (χ0n) is 13.2. The Morgan fingerprint density at radius 2 is 1.76 bits per heavy atom. The van der Waals surface area contributed by atoms with Gasteiger partial charge in [0.25, 0.3) is 10.4 Å². The van der Waals surface area contributed by atoms with Gasteiger partial charge in [0.05, 0.1) is 11.1 Å². The number of H-pyrrole nitrogens is 1. The van der Waals surface area contributed by atoms with Gasteiger partial charge in [-0.3, -0.25) is 4.79 Å². The molecule has 4 aromatic rings. The standard InChI is InChI=1S/C18H14N4O2S/c23-17-14-9-5-4-8-13(14)15(10-12-6-2-1-3-7-12)21-22(17)11-16-19-20-18(25)24-16/h1-9H,10-11H2,(H,20,25). The van der Waals surface area contributed by atoms with E-state index in [-0.39, 0.29) is 16.9 Å². The van der Waals surface area contributed by atoms with Gasteiger partial charge in [0.15, 0.2) is 0 Å². The summed E-state index contributed by atoms with van der Waals surface area (Å²) in [6.45, 7) is 0.124. The molecule has 0 aliphatic heterocycles. The van der Waals surface area contributed by atoms with E-state index < -0.39 is 0 Å². The highest BCUT2D eigenvalue weighted by molar-refractivity contribution is 7.71. The molecule has 7 heteroatoms. The van der Waals surface area contributed by atoms with Crippen molar-refractivity contribution in [1.82, 2.24) is 20.0 Å². The fourth-order valence-corrected chi connectivity index (χ4v) is 2.93. The Labute approximate surface area is 147 Å². The SMILES string of the molecule is O=c1c2ccccc2c(Cc2ccccc2)nn1Cc1n[nH]c(=S)o1. The molecule has 2 aromatic heterocycles. The van der Waals surface area contributed by atoms with E-state index in [1.165, 1.54) is 4.68 Å². The molecule has 124 valence electrons. The summed E-state index contributed by atoms with van der Waals surface area (Å²) in [6, 6.07) is 17.5. The van der Waals surface area contributed by atoms with E-state index in [4.69, 9.17) is 16.6 Å². The molecule has 0 unspecified atom stereocenters.